The Kier molecular flexibility index (Phi) is 6.11. The lowest BCUT2D eigenvalue weighted by Gasteiger charge is -2.28. The summed E-state index contributed by atoms with van der Waals surface area (Å²) in [6, 6.07) is 13.2. The number of nitrogens with zero attached hydrogens (tertiary/aromatic N) is 3. The standard InChI is InChI=1S/C24H26N4O4/c1-5-31-20-12-17(10-11-19(20)32-13-18-9-7-6-8-15(18)2)22-21(23(29)30-4)16(3)27-24-25-14-26-28(22)24/h6-12,14,22H,5,13H2,1-4H3,(H,25,26,27). The second-order valence-electron chi connectivity index (χ2n) is 7.44. The minimum Gasteiger partial charge on any atom is -0.490 e. The molecule has 0 saturated heterocycles. The average Bonchev–Trinajstić information content (AvgIpc) is 3.26. The maximum Gasteiger partial charge on any atom is 0.338 e. The fourth-order valence-electron chi connectivity index (χ4n) is 3.78. The molecule has 0 spiro atoms. The van der Waals surface area contributed by atoms with Gasteiger partial charge in [-0.3, -0.25) is 0 Å². The van der Waals surface area contributed by atoms with Crippen LogP contribution in [-0.2, 0) is 16.1 Å². The molecule has 0 radical (unpaired) electrons. The highest BCUT2D eigenvalue weighted by Crippen LogP contribution is 2.39. The third-order valence-electron chi connectivity index (χ3n) is 5.43. The number of hydrogen-bond donors (Lipinski definition) is 1. The number of allylic oxidation sites excluding steroid dienone is 1. The second kappa shape index (κ2) is 9.13. The predicted octanol–water partition coefficient (Wildman–Crippen LogP) is 4.03. The van der Waals surface area contributed by atoms with Crippen LogP contribution in [-0.4, -0.2) is 34.5 Å². The van der Waals surface area contributed by atoms with Crippen molar-refractivity contribution in [3.63, 3.8) is 0 Å². The molecule has 1 unspecified atom stereocenters. The molecule has 0 aliphatic carbocycles. The van der Waals surface area contributed by atoms with E-state index in [4.69, 9.17) is 14.2 Å². The van der Waals surface area contributed by atoms with E-state index in [9.17, 15) is 4.79 Å². The number of nitrogens with one attached hydrogen (secondary N) is 1. The van der Waals surface area contributed by atoms with E-state index in [1.165, 1.54) is 19.0 Å². The number of esters is 1. The Bertz CT molecular complexity index is 1170. The average molecular weight is 434 g/mol. The van der Waals surface area contributed by atoms with Crippen molar-refractivity contribution in [3.05, 3.63) is 76.8 Å². The van der Waals surface area contributed by atoms with Gasteiger partial charge >= 0.3 is 5.97 Å². The summed E-state index contributed by atoms with van der Waals surface area (Å²) in [4.78, 5) is 16.9. The fourth-order valence-corrected chi connectivity index (χ4v) is 3.78. The maximum absolute atomic E-state index is 12.6. The van der Waals surface area contributed by atoms with Gasteiger partial charge in [-0.05, 0) is 49.6 Å². The fraction of sp³-hybridized carbons (Fsp3) is 0.292. The molecule has 2 heterocycles. The van der Waals surface area contributed by atoms with Crippen molar-refractivity contribution < 1.29 is 19.0 Å². The lowest BCUT2D eigenvalue weighted by molar-refractivity contribution is -0.136. The van der Waals surface area contributed by atoms with Crippen molar-refractivity contribution in [2.75, 3.05) is 19.0 Å². The topological polar surface area (TPSA) is 87.5 Å². The van der Waals surface area contributed by atoms with Gasteiger partial charge in [-0.1, -0.05) is 30.3 Å². The molecular weight excluding hydrogens is 408 g/mol. The summed E-state index contributed by atoms with van der Waals surface area (Å²) >= 11 is 0. The molecule has 0 amide bonds. The third-order valence-corrected chi connectivity index (χ3v) is 5.43. The first-order valence-corrected chi connectivity index (χ1v) is 10.4. The van der Waals surface area contributed by atoms with Crippen LogP contribution in [0.3, 0.4) is 0 Å². The van der Waals surface area contributed by atoms with Crippen LogP contribution in [0.15, 0.2) is 60.1 Å². The summed E-state index contributed by atoms with van der Waals surface area (Å²) in [5.41, 5.74) is 4.21. The van der Waals surface area contributed by atoms with Crippen molar-refractivity contribution in [1.29, 1.82) is 0 Å². The lowest BCUT2D eigenvalue weighted by Crippen LogP contribution is -2.29. The number of hydrogen-bond acceptors (Lipinski definition) is 7. The van der Waals surface area contributed by atoms with E-state index >= 15 is 0 Å². The van der Waals surface area contributed by atoms with E-state index in [2.05, 4.69) is 28.4 Å². The second-order valence-corrected chi connectivity index (χ2v) is 7.44. The van der Waals surface area contributed by atoms with E-state index in [1.807, 2.05) is 50.2 Å². The number of carbonyl (C=O) groups is 1. The van der Waals surface area contributed by atoms with Crippen LogP contribution in [0, 0.1) is 6.92 Å². The highest BCUT2D eigenvalue weighted by Gasteiger charge is 2.34. The lowest BCUT2D eigenvalue weighted by atomic mass is 9.95. The summed E-state index contributed by atoms with van der Waals surface area (Å²) < 4.78 is 18.7. The first-order chi connectivity index (χ1) is 15.5. The van der Waals surface area contributed by atoms with E-state index in [1.54, 1.807) is 4.68 Å². The molecule has 0 fully saturated rings. The van der Waals surface area contributed by atoms with Gasteiger partial charge in [-0.15, -0.1) is 0 Å². The van der Waals surface area contributed by atoms with Gasteiger partial charge in [0.25, 0.3) is 0 Å². The number of carbonyl (C=O) groups excluding carboxylic acids is 1. The molecule has 0 saturated carbocycles. The molecule has 1 aliphatic rings. The summed E-state index contributed by atoms with van der Waals surface area (Å²) in [6.45, 7) is 6.70. The largest absolute Gasteiger partial charge is 0.490 e. The molecule has 2 aromatic carbocycles. The van der Waals surface area contributed by atoms with Gasteiger partial charge in [0.05, 0.1) is 19.3 Å². The van der Waals surface area contributed by atoms with Gasteiger partial charge < -0.3 is 19.5 Å². The number of fused-ring (bicyclic) bond motifs is 1. The zero-order chi connectivity index (χ0) is 22.7. The molecule has 1 aliphatic heterocycles. The Balaban J connectivity index is 1.71. The van der Waals surface area contributed by atoms with Crippen molar-refractivity contribution in [2.24, 2.45) is 0 Å². The molecule has 32 heavy (non-hydrogen) atoms. The van der Waals surface area contributed by atoms with Gasteiger partial charge in [-0.2, -0.15) is 10.1 Å². The monoisotopic (exact) mass is 434 g/mol. The minimum atomic E-state index is -0.508. The van der Waals surface area contributed by atoms with Crippen molar-refractivity contribution in [3.8, 4) is 11.5 Å². The van der Waals surface area contributed by atoms with Gasteiger partial charge in [0.1, 0.15) is 19.0 Å². The number of rotatable bonds is 7. The van der Waals surface area contributed by atoms with Crippen LogP contribution in [0.5, 0.6) is 11.5 Å². The highest BCUT2D eigenvalue weighted by molar-refractivity contribution is 5.92. The summed E-state index contributed by atoms with van der Waals surface area (Å²) in [6.07, 6.45) is 1.45. The zero-order valence-electron chi connectivity index (χ0n) is 18.6. The molecule has 1 aromatic heterocycles. The molecule has 1 N–H and O–H groups in total. The van der Waals surface area contributed by atoms with E-state index in [0.29, 0.717) is 41.9 Å². The Morgan fingerprint density at radius 2 is 1.94 bits per heavy atom. The van der Waals surface area contributed by atoms with Crippen molar-refractivity contribution in [1.82, 2.24) is 14.8 Å². The summed E-state index contributed by atoms with van der Waals surface area (Å²) in [5, 5.41) is 7.44. The van der Waals surface area contributed by atoms with E-state index in [0.717, 1.165) is 11.1 Å². The predicted molar refractivity (Wildman–Crippen MR) is 120 cm³/mol. The van der Waals surface area contributed by atoms with Crippen LogP contribution in [0.4, 0.5) is 5.95 Å². The van der Waals surface area contributed by atoms with Crippen molar-refractivity contribution in [2.45, 2.75) is 33.4 Å². The van der Waals surface area contributed by atoms with Crippen LogP contribution in [0.25, 0.3) is 0 Å². The summed E-state index contributed by atoms with van der Waals surface area (Å²) in [7, 11) is 1.37. The number of benzene rings is 2. The highest BCUT2D eigenvalue weighted by atomic mass is 16.5. The third kappa shape index (κ3) is 4.03. The first kappa shape index (κ1) is 21.4. The summed E-state index contributed by atoms with van der Waals surface area (Å²) in [5.74, 6) is 1.35. The molecule has 166 valence electrons. The smallest absolute Gasteiger partial charge is 0.338 e. The van der Waals surface area contributed by atoms with Gasteiger partial charge in [0.15, 0.2) is 11.5 Å². The van der Waals surface area contributed by atoms with Gasteiger partial charge in [-0.25, -0.2) is 9.48 Å². The Hall–Kier alpha value is -3.81. The normalized spacial score (nSPS) is 15.1. The van der Waals surface area contributed by atoms with Crippen LogP contribution >= 0.6 is 0 Å². The molecule has 4 rings (SSSR count). The molecule has 1 atom stereocenters. The van der Waals surface area contributed by atoms with E-state index in [-0.39, 0.29) is 0 Å². The minimum absolute atomic E-state index is 0.430. The van der Waals surface area contributed by atoms with E-state index < -0.39 is 12.0 Å². The molecule has 0 bridgehead atoms. The Morgan fingerprint density at radius 1 is 1.12 bits per heavy atom. The Morgan fingerprint density at radius 3 is 2.69 bits per heavy atom. The first-order valence-electron chi connectivity index (χ1n) is 10.4. The van der Waals surface area contributed by atoms with Crippen molar-refractivity contribution >= 4 is 11.9 Å². The van der Waals surface area contributed by atoms with Gasteiger partial charge in [0.2, 0.25) is 5.95 Å². The molecule has 3 aromatic rings. The van der Waals surface area contributed by atoms with Gasteiger partial charge in [0, 0.05) is 5.70 Å². The SMILES string of the molecule is CCOc1cc(C2C(C(=O)OC)=C(C)Nc3ncnn32)ccc1OCc1ccccc1C. The Labute approximate surface area is 186 Å². The maximum atomic E-state index is 12.6. The number of ether oxygens (including phenoxy) is 3. The quantitative estimate of drug-likeness (QED) is 0.562. The van der Waals surface area contributed by atoms with Crippen LogP contribution in [0.1, 0.15) is 36.6 Å². The number of methoxy groups -OCH3 is 1. The molecule has 8 heteroatoms. The molecular formula is C24H26N4O4. The van der Waals surface area contributed by atoms with Crippen LogP contribution < -0.4 is 14.8 Å². The zero-order valence-corrected chi connectivity index (χ0v) is 18.6. The van der Waals surface area contributed by atoms with Crippen LogP contribution in [0.2, 0.25) is 0 Å². The number of aromatic nitrogens is 3. The number of anilines is 1. The molecule has 8 nitrogen and oxygen atoms in total. The number of aryl methyl sites for hydroxylation is 1.